The molecular weight excluding hydrogens is 270 g/mol. The van der Waals surface area contributed by atoms with Gasteiger partial charge in [0.05, 0.1) is 12.2 Å². The van der Waals surface area contributed by atoms with Crippen LogP contribution in [0.5, 0.6) is 0 Å². The normalized spacial score (nSPS) is 11.7. The van der Waals surface area contributed by atoms with Crippen molar-refractivity contribution in [3.63, 3.8) is 0 Å². The average molecular weight is 287 g/mol. The van der Waals surface area contributed by atoms with E-state index < -0.39 is 0 Å². The maximum atomic E-state index is 11.9. The number of nitrogens with one attached hydrogen (secondary N) is 2. The first-order chi connectivity index (χ1) is 10.0. The second kappa shape index (κ2) is 6.65. The Morgan fingerprint density at radius 3 is 2.67 bits per heavy atom. The molecule has 110 valence electrons. The van der Waals surface area contributed by atoms with Crippen LogP contribution < -0.4 is 10.6 Å². The molecule has 0 saturated carbocycles. The second-order valence-corrected chi connectivity index (χ2v) is 4.64. The molecule has 0 bridgehead atoms. The number of carbonyl (C=O) groups excluding carboxylic acids is 2. The Hall–Kier alpha value is -2.70. The number of anilines is 1. The minimum absolute atomic E-state index is 0.00322. The van der Waals surface area contributed by atoms with Crippen LogP contribution in [-0.4, -0.2) is 26.8 Å². The van der Waals surface area contributed by atoms with Gasteiger partial charge in [-0.3, -0.25) is 9.59 Å². The summed E-state index contributed by atoms with van der Waals surface area (Å²) in [6, 6.07) is 9.58. The van der Waals surface area contributed by atoms with E-state index in [2.05, 4.69) is 20.8 Å². The lowest BCUT2D eigenvalue weighted by Gasteiger charge is -2.13. The predicted octanol–water partition coefficient (Wildman–Crippen LogP) is 1.11. The number of carbonyl (C=O) groups is 2. The zero-order valence-electron chi connectivity index (χ0n) is 11.9. The lowest BCUT2D eigenvalue weighted by Crippen LogP contribution is -2.30. The zero-order valence-corrected chi connectivity index (χ0v) is 11.9. The highest BCUT2D eigenvalue weighted by atomic mass is 16.2. The molecule has 0 radical (unpaired) electrons. The maximum Gasteiger partial charge on any atom is 0.244 e. The SMILES string of the molecule is CC(=O)Nc1cnn(CC(=O)NC(C)c2ccccc2)n1. The van der Waals surface area contributed by atoms with E-state index in [1.54, 1.807) is 0 Å². The van der Waals surface area contributed by atoms with Gasteiger partial charge in [-0.2, -0.15) is 9.90 Å². The Bertz CT molecular complexity index is 623. The van der Waals surface area contributed by atoms with Gasteiger partial charge in [-0.1, -0.05) is 30.3 Å². The summed E-state index contributed by atoms with van der Waals surface area (Å²) in [5.41, 5.74) is 1.03. The molecule has 2 aromatic rings. The Morgan fingerprint density at radius 1 is 1.29 bits per heavy atom. The third-order valence-corrected chi connectivity index (χ3v) is 2.80. The molecule has 1 unspecified atom stereocenters. The standard InChI is InChI=1S/C14H17N5O2/c1-10(12-6-4-3-5-7-12)16-14(21)9-19-15-8-13(18-19)17-11(2)20/h3-8,10H,9H2,1-2H3,(H,16,21)(H,17,18,20). The first kappa shape index (κ1) is 14.7. The van der Waals surface area contributed by atoms with Crippen molar-refractivity contribution in [1.29, 1.82) is 0 Å². The van der Waals surface area contributed by atoms with E-state index in [0.717, 1.165) is 5.56 Å². The quantitative estimate of drug-likeness (QED) is 0.862. The lowest BCUT2D eigenvalue weighted by atomic mass is 10.1. The molecule has 0 aliphatic heterocycles. The van der Waals surface area contributed by atoms with E-state index in [9.17, 15) is 9.59 Å². The molecule has 0 spiro atoms. The molecule has 0 aliphatic rings. The van der Waals surface area contributed by atoms with Gasteiger partial charge in [0.25, 0.3) is 0 Å². The van der Waals surface area contributed by atoms with E-state index in [0.29, 0.717) is 5.82 Å². The summed E-state index contributed by atoms with van der Waals surface area (Å²) in [5, 5.41) is 13.3. The Balaban J connectivity index is 1.89. The van der Waals surface area contributed by atoms with Crippen LogP contribution in [-0.2, 0) is 16.1 Å². The number of benzene rings is 1. The Kier molecular flexibility index (Phi) is 4.65. The monoisotopic (exact) mass is 287 g/mol. The van der Waals surface area contributed by atoms with Crippen LogP contribution in [0.25, 0.3) is 0 Å². The molecule has 0 aliphatic carbocycles. The van der Waals surface area contributed by atoms with Gasteiger partial charge in [0.1, 0.15) is 6.54 Å². The average Bonchev–Trinajstić information content (AvgIpc) is 2.85. The van der Waals surface area contributed by atoms with E-state index in [1.165, 1.54) is 17.9 Å². The van der Waals surface area contributed by atoms with Gasteiger partial charge in [-0.05, 0) is 12.5 Å². The smallest absolute Gasteiger partial charge is 0.244 e. The Morgan fingerprint density at radius 2 is 2.00 bits per heavy atom. The number of aromatic nitrogens is 3. The number of hydrogen-bond donors (Lipinski definition) is 2. The summed E-state index contributed by atoms with van der Waals surface area (Å²) in [4.78, 5) is 24.0. The summed E-state index contributed by atoms with van der Waals surface area (Å²) >= 11 is 0. The molecule has 7 heteroatoms. The molecule has 1 aromatic carbocycles. The van der Waals surface area contributed by atoms with Crippen LogP contribution in [0.2, 0.25) is 0 Å². The first-order valence-corrected chi connectivity index (χ1v) is 6.56. The molecule has 0 fully saturated rings. The minimum Gasteiger partial charge on any atom is -0.348 e. The van der Waals surface area contributed by atoms with Crippen molar-refractivity contribution in [2.75, 3.05) is 5.32 Å². The second-order valence-electron chi connectivity index (χ2n) is 4.64. The topological polar surface area (TPSA) is 88.9 Å². The molecular formula is C14H17N5O2. The molecule has 21 heavy (non-hydrogen) atoms. The number of amides is 2. The summed E-state index contributed by atoms with van der Waals surface area (Å²) < 4.78 is 0. The predicted molar refractivity (Wildman–Crippen MR) is 77.3 cm³/mol. The van der Waals surface area contributed by atoms with Gasteiger partial charge in [-0.15, -0.1) is 5.10 Å². The van der Waals surface area contributed by atoms with E-state index in [4.69, 9.17) is 0 Å². The van der Waals surface area contributed by atoms with Gasteiger partial charge >= 0.3 is 0 Å². The third kappa shape index (κ3) is 4.41. The van der Waals surface area contributed by atoms with Gasteiger partial charge in [0, 0.05) is 6.92 Å². The van der Waals surface area contributed by atoms with Crippen molar-refractivity contribution < 1.29 is 9.59 Å². The first-order valence-electron chi connectivity index (χ1n) is 6.56. The number of nitrogens with zero attached hydrogens (tertiary/aromatic N) is 3. The molecule has 2 N–H and O–H groups in total. The van der Waals surface area contributed by atoms with Crippen LogP contribution in [0.3, 0.4) is 0 Å². The summed E-state index contributed by atoms with van der Waals surface area (Å²) in [6.45, 7) is 3.29. The van der Waals surface area contributed by atoms with Crippen molar-refractivity contribution in [3.8, 4) is 0 Å². The summed E-state index contributed by atoms with van der Waals surface area (Å²) in [7, 11) is 0. The van der Waals surface area contributed by atoms with Crippen LogP contribution in [0, 0.1) is 0 Å². The molecule has 1 heterocycles. The van der Waals surface area contributed by atoms with E-state index in [-0.39, 0.29) is 24.4 Å². The highest BCUT2D eigenvalue weighted by Gasteiger charge is 2.11. The summed E-state index contributed by atoms with van der Waals surface area (Å²) in [6.07, 6.45) is 1.40. The van der Waals surface area contributed by atoms with Gasteiger partial charge < -0.3 is 10.6 Å². The fourth-order valence-corrected chi connectivity index (χ4v) is 1.85. The zero-order chi connectivity index (χ0) is 15.2. The van der Waals surface area contributed by atoms with Crippen LogP contribution in [0.15, 0.2) is 36.5 Å². The molecule has 1 atom stereocenters. The lowest BCUT2D eigenvalue weighted by molar-refractivity contribution is -0.122. The fourth-order valence-electron chi connectivity index (χ4n) is 1.85. The highest BCUT2D eigenvalue weighted by Crippen LogP contribution is 2.10. The molecule has 7 nitrogen and oxygen atoms in total. The highest BCUT2D eigenvalue weighted by molar-refractivity contribution is 5.87. The molecule has 1 aromatic heterocycles. The summed E-state index contributed by atoms with van der Waals surface area (Å²) in [5.74, 6) is -0.105. The van der Waals surface area contributed by atoms with Gasteiger partial charge in [-0.25, -0.2) is 0 Å². The van der Waals surface area contributed by atoms with Gasteiger partial charge in [0.15, 0.2) is 5.82 Å². The molecule has 2 rings (SSSR count). The third-order valence-electron chi connectivity index (χ3n) is 2.80. The van der Waals surface area contributed by atoms with Crippen molar-refractivity contribution in [3.05, 3.63) is 42.1 Å². The van der Waals surface area contributed by atoms with Crippen molar-refractivity contribution >= 4 is 17.6 Å². The van der Waals surface area contributed by atoms with E-state index >= 15 is 0 Å². The fraction of sp³-hybridized carbons (Fsp3) is 0.286. The maximum absolute atomic E-state index is 11.9. The van der Waals surface area contributed by atoms with Crippen molar-refractivity contribution in [2.45, 2.75) is 26.4 Å². The van der Waals surface area contributed by atoms with Gasteiger partial charge in [0.2, 0.25) is 11.8 Å². The van der Waals surface area contributed by atoms with Crippen LogP contribution in [0.1, 0.15) is 25.5 Å². The van der Waals surface area contributed by atoms with Crippen molar-refractivity contribution in [2.24, 2.45) is 0 Å². The molecule has 0 saturated heterocycles. The Labute approximate surface area is 122 Å². The minimum atomic E-state index is -0.232. The van der Waals surface area contributed by atoms with Crippen LogP contribution in [0.4, 0.5) is 5.82 Å². The number of rotatable bonds is 5. The molecule has 2 amide bonds. The van der Waals surface area contributed by atoms with Crippen LogP contribution >= 0.6 is 0 Å². The van der Waals surface area contributed by atoms with Crippen molar-refractivity contribution in [1.82, 2.24) is 20.3 Å². The number of hydrogen-bond acceptors (Lipinski definition) is 4. The van der Waals surface area contributed by atoms with E-state index in [1.807, 2.05) is 37.3 Å². The largest absolute Gasteiger partial charge is 0.348 e.